The van der Waals surface area contributed by atoms with Crippen molar-refractivity contribution in [3.8, 4) is 6.07 Å². The number of rotatable bonds is 1. The molecule has 14 heavy (non-hydrogen) atoms. The highest BCUT2D eigenvalue weighted by Crippen LogP contribution is 2.25. The summed E-state index contributed by atoms with van der Waals surface area (Å²) < 4.78 is 38.0. The van der Waals surface area contributed by atoms with Crippen LogP contribution in [0, 0.1) is 23.0 Å². The molecular weight excluding hydrogens is 219 g/mol. The van der Waals surface area contributed by atoms with E-state index in [2.05, 4.69) is 0 Å². The second kappa shape index (κ2) is 3.68. The van der Waals surface area contributed by atoms with Crippen molar-refractivity contribution >= 4 is 17.6 Å². The number of carbonyl (C=O) groups is 1. The van der Waals surface area contributed by atoms with Gasteiger partial charge in [-0.3, -0.25) is 4.79 Å². The lowest BCUT2D eigenvalue weighted by Gasteiger charge is -2.01. The van der Waals surface area contributed by atoms with E-state index in [9.17, 15) is 18.0 Å². The molecule has 0 heterocycles. The lowest BCUT2D eigenvalue weighted by Crippen LogP contribution is -2.01. The first-order chi connectivity index (χ1) is 6.49. The van der Waals surface area contributed by atoms with Crippen molar-refractivity contribution in [3.05, 3.63) is 33.9 Å². The van der Waals surface area contributed by atoms with Crippen LogP contribution in [0.15, 0.2) is 6.07 Å². The van der Waals surface area contributed by atoms with Gasteiger partial charge in [0.15, 0.2) is 5.82 Å². The molecule has 0 aliphatic rings. The molecule has 0 fully saturated rings. The average Bonchev–Trinajstić information content (AvgIpc) is 2.12. The summed E-state index contributed by atoms with van der Waals surface area (Å²) in [6, 6.07) is -0.618. The van der Waals surface area contributed by atoms with Gasteiger partial charge >= 0.3 is 6.04 Å². The maximum atomic E-state index is 13.0. The predicted octanol–water partition coefficient (Wildman–Crippen LogP) is 2.60. The van der Waals surface area contributed by atoms with Gasteiger partial charge in [0.25, 0.3) is 0 Å². The van der Waals surface area contributed by atoms with Gasteiger partial charge in [0.1, 0.15) is 17.4 Å². The van der Waals surface area contributed by atoms with Crippen molar-refractivity contribution in [2.24, 2.45) is 0 Å². The van der Waals surface area contributed by atoms with E-state index in [0.717, 1.165) is 0 Å². The quantitative estimate of drug-likeness (QED) is 0.538. The van der Waals surface area contributed by atoms with E-state index in [1.54, 1.807) is 0 Å². The van der Waals surface area contributed by atoms with Crippen LogP contribution in [0.3, 0.4) is 0 Å². The zero-order chi connectivity index (χ0) is 10.9. The van der Waals surface area contributed by atoms with Crippen molar-refractivity contribution in [3.63, 3.8) is 0 Å². The first-order valence-electron chi connectivity index (χ1n) is 3.26. The minimum Gasteiger partial charge on any atom is -0.255 e. The van der Waals surface area contributed by atoms with Crippen molar-refractivity contribution in [1.29, 1.82) is 5.26 Å². The number of nitriles is 1. The molecule has 0 aliphatic heterocycles. The molecule has 0 N–H and O–H groups in total. The summed E-state index contributed by atoms with van der Waals surface area (Å²) in [6.45, 7) is 0. The number of hydrogen-bond acceptors (Lipinski definition) is 2. The Kier molecular flexibility index (Phi) is 2.77. The topological polar surface area (TPSA) is 40.9 Å². The summed E-state index contributed by atoms with van der Waals surface area (Å²) in [5, 5.41) is 7.59. The van der Waals surface area contributed by atoms with Crippen molar-refractivity contribution in [2.45, 2.75) is 0 Å². The number of benzene rings is 1. The molecule has 0 spiro atoms. The summed E-state index contributed by atoms with van der Waals surface area (Å²) in [4.78, 5) is 10.2. The maximum absolute atomic E-state index is 13.0. The third-order valence-electron chi connectivity index (χ3n) is 1.48. The second-order valence-corrected chi connectivity index (χ2v) is 2.67. The number of halogens is 4. The Morgan fingerprint density at radius 2 is 2.07 bits per heavy atom. The molecule has 72 valence electrons. The van der Waals surface area contributed by atoms with Gasteiger partial charge in [0.05, 0.1) is 10.6 Å². The standard InChI is InChI=1S/C8HClF3NO/c9-6-4(2-13)7(11)3(8(12)14)1-5(6)10/h1H. The smallest absolute Gasteiger partial charge is 0.255 e. The third kappa shape index (κ3) is 1.56. The fourth-order valence-corrected chi connectivity index (χ4v) is 1.02. The molecule has 0 aromatic heterocycles. The van der Waals surface area contributed by atoms with Crippen LogP contribution in [0.4, 0.5) is 13.2 Å². The molecule has 1 aromatic rings. The SMILES string of the molecule is N#Cc1c(F)c(C(=O)F)cc(F)c1Cl. The summed E-state index contributed by atoms with van der Waals surface area (Å²) >= 11 is 5.20. The van der Waals surface area contributed by atoms with Gasteiger partial charge in [-0.05, 0) is 6.07 Å². The van der Waals surface area contributed by atoms with Crippen molar-refractivity contribution in [1.82, 2.24) is 0 Å². The van der Waals surface area contributed by atoms with Gasteiger partial charge in [-0.15, -0.1) is 0 Å². The van der Waals surface area contributed by atoms with Crippen LogP contribution in [0.25, 0.3) is 0 Å². The molecule has 6 heteroatoms. The van der Waals surface area contributed by atoms with Gasteiger partial charge < -0.3 is 0 Å². The molecule has 0 atom stereocenters. The molecule has 0 saturated heterocycles. The number of carbonyl (C=O) groups excluding carboxylic acids is 1. The highest BCUT2D eigenvalue weighted by molar-refractivity contribution is 6.32. The summed E-state index contributed by atoms with van der Waals surface area (Å²) in [5.41, 5.74) is -2.02. The lowest BCUT2D eigenvalue weighted by molar-refractivity contribution is 0.0830. The summed E-state index contributed by atoms with van der Waals surface area (Å²) in [5.74, 6) is -2.67. The molecule has 1 aromatic carbocycles. The third-order valence-corrected chi connectivity index (χ3v) is 1.85. The highest BCUT2D eigenvalue weighted by atomic mass is 35.5. The molecule has 0 radical (unpaired) electrons. The Labute approximate surface area is 81.5 Å². The predicted molar refractivity (Wildman–Crippen MR) is 41.5 cm³/mol. The van der Waals surface area contributed by atoms with Gasteiger partial charge in [-0.25, -0.2) is 8.78 Å². The molecule has 0 bridgehead atoms. The van der Waals surface area contributed by atoms with Crippen molar-refractivity contribution < 1.29 is 18.0 Å². The van der Waals surface area contributed by atoms with Crippen LogP contribution >= 0.6 is 11.6 Å². The Bertz CT molecular complexity index is 453. The summed E-state index contributed by atoms with van der Waals surface area (Å²) in [7, 11) is 0. The van der Waals surface area contributed by atoms with Crippen LogP contribution in [0.2, 0.25) is 5.02 Å². The van der Waals surface area contributed by atoms with E-state index >= 15 is 0 Å². The minimum absolute atomic E-state index is 0.306. The number of hydrogen-bond donors (Lipinski definition) is 0. The first-order valence-corrected chi connectivity index (χ1v) is 3.64. The van der Waals surface area contributed by atoms with Gasteiger partial charge in [0.2, 0.25) is 0 Å². The van der Waals surface area contributed by atoms with Crippen LogP contribution in [-0.4, -0.2) is 6.04 Å². The van der Waals surface area contributed by atoms with Crippen molar-refractivity contribution in [2.75, 3.05) is 0 Å². The van der Waals surface area contributed by atoms with Crippen LogP contribution in [-0.2, 0) is 0 Å². The number of nitrogens with zero attached hydrogens (tertiary/aromatic N) is 1. The normalized spacial score (nSPS) is 9.64. The van der Waals surface area contributed by atoms with E-state index in [1.165, 1.54) is 6.07 Å². The zero-order valence-electron chi connectivity index (χ0n) is 6.44. The lowest BCUT2D eigenvalue weighted by atomic mass is 10.1. The minimum atomic E-state index is -2.16. The average molecular weight is 220 g/mol. The second-order valence-electron chi connectivity index (χ2n) is 2.29. The van der Waals surface area contributed by atoms with Crippen LogP contribution < -0.4 is 0 Å². The van der Waals surface area contributed by atoms with E-state index in [-0.39, 0.29) is 0 Å². The Morgan fingerprint density at radius 1 is 1.50 bits per heavy atom. The van der Waals surface area contributed by atoms with Crippen LogP contribution in [0.5, 0.6) is 0 Å². The van der Waals surface area contributed by atoms with Gasteiger partial charge in [-0.1, -0.05) is 11.6 Å². The van der Waals surface area contributed by atoms with E-state index in [1.807, 2.05) is 0 Å². The van der Waals surface area contributed by atoms with E-state index in [0.29, 0.717) is 6.07 Å². The highest BCUT2D eigenvalue weighted by Gasteiger charge is 2.21. The Hall–Kier alpha value is -1.54. The monoisotopic (exact) mass is 219 g/mol. The fraction of sp³-hybridized carbons (Fsp3) is 0. The molecule has 1 rings (SSSR count). The molecule has 0 amide bonds. The van der Waals surface area contributed by atoms with Gasteiger partial charge in [-0.2, -0.15) is 9.65 Å². The van der Waals surface area contributed by atoms with E-state index in [4.69, 9.17) is 16.9 Å². The molecule has 0 aliphatic carbocycles. The first kappa shape index (κ1) is 10.5. The Morgan fingerprint density at radius 3 is 2.50 bits per heavy atom. The largest absolute Gasteiger partial charge is 0.335 e. The molecule has 2 nitrogen and oxygen atoms in total. The summed E-state index contributed by atoms with van der Waals surface area (Å²) in [6.07, 6.45) is 0. The zero-order valence-corrected chi connectivity index (χ0v) is 7.20. The fourth-order valence-electron chi connectivity index (χ4n) is 0.845. The maximum Gasteiger partial charge on any atom is 0.335 e. The molecule has 0 saturated carbocycles. The van der Waals surface area contributed by atoms with Gasteiger partial charge in [0, 0.05) is 0 Å². The molecule has 0 unspecified atom stereocenters. The molecular formula is C8HClF3NO. The Balaban J connectivity index is 3.61. The van der Waals surface area contributed by atoms with Crippen LogP contribution in [0.1, 0.15) is 15.9 Å². The van der Waals surface area contributed by atoms with E-state index < -0.39 is 33.8 Å².